The number of ketones is 1. The van der Waals surface area contributed by atoms with Crippen molar-refractivity contribution in [2.45, 2.75) is 44.8 Å². The lowest BCUT2D eigenvalue weighted by atomic mass is 9.97. The second-order valence-corrected chi connectivity index (χ2v) is 10.9. The molecule has 0 heterocycles. The average molecular weight is 232 g/mol. The number of Topliss-reactive ketones (excluding diaryl/α,β-unsaturated/α-hetero) is 1. The zero-order chi connectivity index (χ0) is 11.8. The minimum atomic E-state index is -1.20. The summed E-state index contributed by atoms with van der Waals surface area (Å²) in [7, 11) is -1.20. The minimum Gasteiger partial charge on any atom is -0.299 e. The molecule has 0 N–H and O–H groups in total. The van der Waals surface area contributed by atoms with Crippen LogP contribution in [0.4, 0.5) is 0 Å². The van der Waals surface area contributed by atoms with Crippen molar-refractivity contribution in [2.75, 3.05) is 0 Å². The molecule has 2 heteroatoms. The summed E-state index contributed by atoms with van der Waals surface area (Å²) in [5.41, 5.74) is 1.23. The first-order valence-electron chi connectivity index (χ1n) is 6.11. The highest BCUT2D eigenvalue weighted by molar-refractivity contribution is 6.88. The van der Waals surface area contributed by atoms with Gasteiger partial charge in [0.25, 0.3) is 0 Å². The maximum Gasteiger partial charge on any atom is 0.140 e. The highest BCUT2D eigenvalue weighted by Gasteiger charge is 2.26. The van der Waals surface area contributed by atoms with Gasteiger partial charge in [0.2, 0.25) is 0 Å². The van der Waals surface area contributed by atoms with Gasteiger partial charge in [0.15, 0.2) is 0 Å². The fraction of sp³-hybridized carbons (Fsp3) is 0.500. The van der Waals surface area contributed by atoms with Crippen molar-refractivity contribution in [1.82, 2.24) is 0 Å². The molecule has 1 aromatic rings. The summed E-state index contributed by atoms with van der Waals surface area (Å²) >= 11 is 0. The first kappa shape index (κ1) is 11.6. The van der Waals surface area contributed by atoms with Crippen LogP contribution in [0.25, 0.3) is 0 Å². The average Bonchev–Trinajstić information content (AvgIpc) is 2.63. The van der Waals surface area contributed by atoms with Crippen LogP contribution in [0.1, 0.15) is 30.7 Å². The first-order valence-corrected chi connectivity index (χ1v) is 9.61. The van der Waals surface area contributed by atoms with Crippen LogP contribution in [0.15, 0.2) is 24.3 Å². The number of carbonyl (C=O) groups excluding carboxylic acids is 1. The zero-order valence-electron chi connectivity index (χ0n) is 10.4. The minimum absolute atomic E-state index is 0.190. The number of hydrogen-bond donors (Lipinski definition) is 0. The van der Waals surface area contributed by atoms with Gasteiger partial charge in [0.05, 0.1) is 8.07 Å². The molecule has 0 aromatic heterocycles. The largest absolute Gasteiger partial charge is 0.299 e. The molecule has 1 saturated carbocycles. The van der Waals surface area contributed by atoms with E-state index in [2.05, 4.69) is 43.9 Å². The Morgan fingerprint density at radius 1 is 1.12 bits per heavy atom. The molecule has 0 amide bonds. The lowest BCUT2D eigenvalue weighted by Crippen LogP contribution is -2.37. The number of hydrogen-bond acceptors (Lipinski definition) is 1. The second-order valence-electron chi connectivity index (χ2n) is 5.78. The van der Waals surface area contributed by atoms with E-state index in [9.17, 15) is 4.79 Å². The van der Waals surface area contributed by atoms with Gasteiger partial charge >= 0.3 is 0 Å². The van der Waals surface area contributed by atoms with Gasteiger partial charge in [-0.15, -0.1) is 0 Å². The van der Waals surface area contributed by atoms with E-state index in [-0.39, 0.29) is 5.92 Å². The van der Waals surface area contributed by atoms with Gasteiger partial charge in [-0.25, -0.2) is 0 Å². The molecule has 1 aliphatic carbocycles. The molecule has 16 heavy (non-hydrogen) atoms. The molecule has 0 aliphatic heterocycles. The summed E-state index contributed by atoms with van der Waals surface area (Å²) < 4.78 is 0. The van der Waals surface area contributed by atoms with Crippen LogP contribution in [0.3, 0.4) is 0 Å². The summed E-state index contributed by atoms with van der Waals surface area (Å²) in [6, 6.07) is 8.79. The zero-order valence-corrected chi connectivity index (χ0v) is 11.4. The van der Waals surface area contributed by atoms with Crippen molar-refractivity contribution >= 4 is 19.0 Å². The van der Waals surface area contributed by atoms with E-state index in [0.717, 1.165) is 19.3 Å². The van der Waals surface area contributed by atoms with E-state index >= 15 is 0 Å². The lowest BCUT2D eigenvalue weighted by Gasteiger charge is -2.17. The smallest absolute Gasteiger partial charge is 0.140 e. The molecule has 1 nitrogen and oxygen atoms in total. The van der Waals surface area contributed by atoms with Crippen LogP contribution in [0.5, 0.6) is 0 Å². The molecule has 1 fully saturated rings. The second kappa shape index (κ2) is 4.17. The molecule has 1 atom stereocenters. The van der Waals surface area contributed by atoms with E-state index < -0.39 is 8.07 Å². The Morgan fingerprint density at radius 2 is 1.75 bits per heavy atom. The van der Waals surface area contributed by atoms with E-state index in [1.807, 2.05) is 0 Å². The fourth-order valence-corrected chi connectivity index (χ4v) is 3.55. The van der Waals surface area contributed by atoms with Gasteiger partial charge in [-0.05, 0) is 18.4 Å². The van der Waals surface area contributed by atoms with Crippen LogP contribution >= 0.6 is 0 Å². The van der Waals surface area contributed by atoms with Gasteiger partial charge in [-0.1, -0.05) is 49.1 Å². The monoisotopic (exact) mass is 232 g/mol. The van der Waals surface area contributed by atoms with Gasteiger partial charge in [-0.3, -0.25) is 4.79 Å². The molecular weight excluding hydrogens is 212 g/mol. The summed E-state index contributed by atoms with van der Waals surface area (Å²) in [6.07, 6.45) is 2.89. The summed E-state index contributed by atoms with van der Waals surface area (Å²) in [4.78, 5) is 11.7. The van der Waals surface area contributed by atoms with Crippen LogP contribution in [0.2, 0.25) is 19.6 Å². The Kier molecular flexibility index (Phi) is 3.02. The van der Waals surface area contributed by atoms with Gasteiger partial charge in [0, 0.05) is 12.3 Å². The molecule has 0 saturated heterocycles. The van der Waals surface area contributed by atoms with Crippen LogP contribution < -0.4 is 5.19 Å². The standard InChI is InChI=1S/C14H20OSi/c1-16(2,3)12-9-7-11(8-10-12)13-5-4-6-14(13)15/h7-10,13H,4-6H2,1-3H3. The maximum atomic E-state index is 11.7. The third-order valence-corrected chi connectivity index (χ3v) is 5.55. The molecule has 1 aliphatic rings. The van der Waals surface area contributed by atoms with E-state index in [1.165, 1.54) is 10.8 Å². The Hall–Kier alpha value is -0.893. The fourth-order valence-electron chi connectivity index (χ4n) is 2.38. The van der Waals surface area contributed by atoms with Gasteiger partial charge < -0.3 is 0 Å². The van der Waals surface area contributed by atoms with E-state index in [0.29, 0.717) is 5.78 Å². The third kappa shape index (κ3) is 2.27. The van der Waals surface area contributed by atoms with Gasteiger partial charge in [-0.2, -0.15) is 0 Å². The van der Waals surface area contributed by atoms with Crippen LogP contribution in [-0.2, 0) is 4.79 Å². The van der Waals surface area contributed by atoms with Crippen molar-refractivity contribution in [3.8, 4) is 0 Å². The van der Waals surface area contributed by atoms with Crippen molar-refractivity contribution in [3.05, 3.63) is 29.8 Å². The molecule has 2 rings (SSSR count). The Morgan fingerprint density at radius 3 is 2.19 bits per heavy atom. The maximum absolute atomic E-state index is 11.7. The molecule has 0 bridgehead atoms. The van der Waals surface area contributed by atoms with Crippen molar-refractivity contribution < 1.29 is 4.79 Å². The molecular formula is C14H20OSi. The Balaban J connectivity index is 2.22. The Labute approximate surface area is 98.9 Å². The molecule has 0 spiro atoms. The highest BCUT2D eigenvalue weighted by atomic mass is 28.3. The topological polar surface area (TPSA) is 17.1 Å². The molecule has 1 unspecified atom stereocenters. The summed E-state index contributed by atoms with van der Waals surface area (Å²) in [5, 5.41) is 1.47. The van der Waals surface area contributed by atoms with E-state index in [4.69, 9.17) is 0 Å². The summed E-state index contributed by atoms with van der Waals surface area (Å²) in [5.74, 6) is 0.622. The van der Waals surface area contributed by atoms with Crippen molar-refractivity contribution in [2.24, 2.45) is 0 Å². The predicted molar refractivity (Wildman–Crippen MR) is 71.0 cm³/mol. The number of carbonyl (C=O) groups is 1. The highest BCUT2D eigenvalue weighted by Crippen LogP contribution is 2.30. The third-order valence-electron chi connectivity index (χ3n) is 3.48. The lowest BCUT2D eigenvalue weighted by molar-refractivity contribution is -0.118. The SMILES string of the molecule is C[Si](C)(C)c1ccc(C2CCCC2=O)cc1. The molecule has 0 radical (unpaired) electrons. The van der Waals surface area contributed by atoms with Crippen molar-refractivity contribution in [1.29, 1.82) is 0 Å². The van der Waals surface area contributed by atoms with Crippen LogP contribution in [0, 0.1) is 0 Å². The van der Waals surface area contributed by atoms with E-state index in [1.54, 1.807) is 0 Å². The number of benzene rings is 1. The van der Waals surface area contributed by atoms with Crippen LogP contribution in [-0.4, -0.2) is 13.9 Å². The number of rotatable bonds is 2. The quantitative estimate of drug-likeness (QED) is 0.716. The van der Waals surface area contributed by atoms with Crippen molar-refractivity contribution in [3.63, 3.8) is 0 Å². The molecule has 1 aromatic carbocycles. The summed E-state index contributed by atoms with van der Waals surface area (Å²) in [6.45, 7) is 7.05. The Bertz CT molecular complexity index is 386. The van der Waals surface area contributed by atoms with Gasteiger partial charge in [0.1, 0.15) is 5.78 Å². The molecule has 86 valence electrons. The normalized spacial score (nSPS) is 21.4. The predicted octanol–water partition coefficient (Wildman–Crippen LogP) is 3.07. The first-order chi connectivity index (χ1) is 7.48.